The molecule has 3 rings (SSSR count). The third-order valence-electron chi connectivity index (χ3n) is 6.06. The van der Waals surface area contributed by atoms with E-state index in [0.29, 0.717) is 0 Å². The number of fused-ring (bicyclic) bond motifs is 1. The Kier molecular flexibility index (Phi) is 6.45. The standard InChI is InChI=1S/C23H22F4N2O5/c1-4-21(3,16-6-5-7-17(24)18(16)30)11-22(33,23(25,26)27)20(32)28-13-8-9-14-15(10-13)12(2)29-34-19(14)31/h5-10,30,33H,4,11H2,1-3H3,(H,28,32). The van der Waals surface area contributed by atoms with Gasteiger partial charge in [0.2, 0.25) is 5.60 Å². The first-order valence-electron chi connectivity index (χ1n) is 10.2. The molecule has 0 aliphatic heterocycles. The van der Waals surface area contributed by atoms with Crippen LogP contribution in [0.5, 0.6) is 5.75 Å². The number of phenols is 1. The molecule has 3 N–H and O–H groups in total. The van der Waals surface area contributed by atoms with E-state index in [4.69, 9.17) is 0 Å². The molecule has 3 aromatic rings. The summed E-state index contributed by atoms with van der Waals surface area (Å²) in [5, 5.41) is 26.7. The molecule has 0 saturated carbocycles. The summed E-state index contributed by atoms with van der Waals surface area (Å²) >= 11 is 0. The van der Waals surface area contributed by atoms with Gasteiger partial charge in [0.1, 0.15) is 0 Å². The van der Waals surface area contributed by atoms with Crippen molar-refractivity contribution in [2.24, 2.45) is 0 Å². The third kappa shape index (κ3) is 4.35. The predicted molar refractivity (Wildman–Crippen MR) is 115 cm³/mol. The average molecular weight is 482 g/mol. The fourth-order valence-corrected chi connectivity index (χ4v) is 3.83. The Morgan fingerprint density at radius 2 is 1.85 bits per heavy atom. The van der Waals surface area contributed by atoms with E-state index in [1.54, 1.807) is 0 Å². The largest absolute Gasteiger partial charge is 0.505 e. The summed E-state index contributed by atoms with van der Waals surface area (Å²) in [6.07, 6.45) is -6.67. The smallest absolute Gasteiger partial charge is 0.426 e. The maximum atomic E-state index is 14.1. The van der Waals surface area contributed by atoms with Crippen molar-refractivity contribution in [2.45, 2.75) is 50.8 Å². The summed E-state index contributed by atoms with van der Waals surface area (Å²) in [6.45, 7) is 4.28. The summed E-state index contributed by atoms with van der Waals surface area (Å²) in [6, 6.07) is 7.06. The van der Waals surface area contributed by atoms with Crippen LogP contribution >= 0.6 is 0 Å². The number of anilines is 1. The van der Waals surface area contributed by atoms with Gasteiger partial charge in [-0.3, -0.25) is 4.79 Å². The highest BCUT2D eigenvalue weighted by Crippen LogP contribution is 2.46. The molecule has 0 aliphatic carbocycles. The van der Waals surface area contributed by atoms with Crippen LogP contribution in [0.3, 0.4) is 0 Å². The number of rotatable bonds is 6. The predicted octanol–water partition coefficient (Wildman–Crippen LogP) is 4.33. The molecule has 0 aliphatic rings. The number of aromatic nitrogens is 1. The van der Waals surface area contributed by atoms with Crippen LogP contribution in [0.15, 0.2) is 45.7 Å². The summed E-state index contributed by atoms with van der Waals surface area (Å²) in [7, 11) is 0. The minimum Gasteiger partial charge on any atom is -0.505 e. The van der Waals surface area contributed by atoms with Crippen LogP contribution in [0.25, 0.3) is 10.8 Å². The van der Waals surface area contributed by atoms with Crippen molar-refractivity contribution in [1.29, 1.82) is 0 Å². The van der Waals surface area contributed by atoms with Gasteiger partial charge in [-0.1, -0.05) is 31.1 Å². The molecule has 182 valence electrons. The fourth-order valence-electron chi connectivity index (χ4n) is 3.83. The molecule has 1 aromatic heterocycles. The second-order valence-electron chi connectivity index (χ2n) is 8.35. The van der Waals surface area contributed by atoms with E-state index >= 15 is 0 Å². The maximum absolute atomic E-state index is 14.1. The number of nitrogens with one attached hydrogen (secondary N) is 1. The molecule has 0 radical (unpaired) electrons. The number of para-hydroxylation sites is 1. The van der Waals surface area contributed by atoms with Gasteiger partial charge in [0.25, 0.3) is 5.91 Å². The quantitative estimate of drug-likeness (QED) is 0.451. The van der Waals surface area contributed by atoms with Gasteiger partial charge >= 0.3 is 11.8 Å². The zero-order valence-electron chi connectivity index (χ0n) is 18.5. The number of aryl methyl sites for hydroxylation is 1. The Morgan fingerprint density at radius 1 is 1.18 bits per heavy atom. The molecule has 0 bridgehead atoms. The van der Waals surface area contributed by atoms with Crippen molar-refractivity contribution in [3.63, 3.8) is 0 Å². The van der Waals surface area contributed by atoms with E-state index in [1.165, 1.54) is 51.1 Å². The van der Waals surface area contributed by atoms with Crippen LogP contribution in [0.1, 0.15) is 37.9 Å². The molecule has 0 fully saturated rings. The van der Waals surface area contributed by atoms with Crippen molar-refractivity contribution in [1.82, 2.24) is 5.16 Å². The van der Waals surface area contributed by atoms with E-state index in [-0.39, 0.29) is 34.1 Å². The molecule has 7 nitrogen and oxygen atoms in total. The van der Waals surface area contributed by atoms with Crippen LogP contribution in [-0.4, -0.2) is 33.1 Å². The molecule has 2 aromatic carbocycles. The maximum Gasteiger partial charge on any atom is 0.426 e. The monoisotopic (exact) mass is 482 g/mol. The topological polar surface area (TPSA) is 113 Å². The fraction of sp³-hybridized carbons (Fsp3) is 0.348. The van der Waals surface area contributed by atoms with Gasteiger partial charge in [-0.2, -0.15) is 13.2 Å². The number of phenolic OH excluding ortho intramolecular Hbond substituents is 1. The molecular weight excluding hydrogens is 460 g/mol. The number of carbonyl (C=O) groups is 1. The molecule has 2 atom stereocenters. The summed E-state index contributed by atoms with van der Waals surface area (Å²) in [5.41, 5.74) is -6.33. The van der Waals surface area contributed by atoms with Crippen molar-refractivity contribution in [3.05, 3.63) is 63.9 Å². The first-order chi connectivity index (χ1) is 15.7. The van der Waals surface area contributed by atoms with Gasteiger partial charge < -0.3 is 20.1 Å². The Labute approximate surface area is 191 Å². The Morgan fingerprint density at radius 3 is 2.47 bits per heavy atom. The number of alkyl halides is 3. The molecular formula is C23H22F4N2O5. The second kappa shape index (κ2) is 8.71. The number of aromatic hydroxyl groups is 1. The van der Waals surface area contributed by atoms with E-state index in [0.717, 1.165) is 6.07 Å². The van der Waals surface area contributed by atoms with Gasteiger partial charge in [-0.15, -0.1) is 0 Å². The van der Waals surface area contributed by atoms with E-state index in [2.05, 4.69) is 9.68 Å². The van der Waals surface area contributed by atoms with Gasteiger partial charge in [-0.05, 0) is 43.0 Å². The van der Waals surface area contributed by atoms with E-state index in [1.807, 2.05) is 5.32 Å². The molecule has 34 heavy (non-hydrogen) atoms. The molecule has 1 amide bonds. The highest BCUT2D eigenvalue weighted by molar-refractivity contribution is 5.99. The van der Waals surface area contributed by atoms with Gasteiger partial charge in [0.15, 0.2) is 11.6 Å². The lowest BCUT2D eigenvalue weighted by Crippen LogP contribution is -2.57. The van der Waals surface area contributed by atoms with Gasteiger partial charge in [0, 0.05) is 23.1 Å². The molecule has 11 heteroatoms. The third-order valence-corrected chi connectivity index (χ3v) is 6.06. The van der Waals surface area contributed by atoms with Crippen LogP contribution in [-0.2, 0) is 10.2 Å². The lowest BCUT2D eigenvalue weighted by atomic mass is 9.71. The Hall–Kier alpha value is -3.47. The van der Waals surface area contributed by atoms with Crippen molar-refractivity contribution >= 4 is 22.4 Å². The summed E-state index contributed by atoms with van der Waals surface area (Å²) in [4.78, 5) is 24.6. The van der Waals surface area contributed by atoms with E-state index in [9.17, 15) is 37.4 Å². The molecule has 0 saturated heterocycles. The van der Waals surface area contributed by atoms with Crippen LogP contribution in [0, 0.1) is 12.7 Å². The van der Waals surface area contributed by atoms with Crippen LogP contribution < -0.4 is 10.9 Å². The first kappa shape index (κ1) is 25.2. The van der Waals surface area contributed by atoms with Crippen molar-refractivity contribution in [3.8, 4) is 5.75 Å². The number of hydrogen-bond donors (Lipinski definition) is 3. The normalized spacial score (nSPS) is 15.5. The number of amides is 1. The van der Waals surface area contributed by atoms with Crippen molar-refractivity contribution in [2.75, 3.05) is 5.32 Å². The van der Waals surface area contributed by atoms with E-state index < -0.39 is 46.7 Å². The minimum absolute atomic E-state index is 0.0632. The average Bonchev–Trinajstić information content (AvgIpc) is 2.77. The van der Waals surface area contributed by atoms with Crippen LogP contribution in [0.4, 0.5) is 23.2 Å². The van der Waals surface area contributed by atoms with Gasteiger partial charge in [0.05, 0.1) is 11.1 Å². The van der Waals surface area contributed by atoms with Crippen LogP contribution in [0.2, 0.25) is 0 Å². The van der Waals surface area contributed by atoms with Crippen molar-refractivity contribution < 1.29 is 37.1 Å². The minimum atomic E-state index is -5.41. The summed E-state index contributed by atoms with van der Waals surface area (Å²) < 4.78 is 60.7. The zero-order chi connectivity index (χ0) is 25.5. The Bertz CT molecular complexity index is 1310. The second-order valence-corrected chi connectivity index (χ2v) is 8.35. The zero-order valence-corrected chi connectivity index (χ0v) is 18.5. The highest BCUT2D eigenvalue weighted by Gasteiger charge is 2.62. The number of hydrogen-bond acceptors (Lipinski definition) is 6. The van der Waals surface area contributed by atoms with Gasteiger partial charge in [-0.25, -0.2) is 9.18 Å². The summed E-state index contributed by atoms with van der Waals surface area (Å²) in [5.74, 6) is -3.67. The molecule has 0 spiro atoms. The lowest BCUT2D eigenvalue weighted by molar-refractivity contribution is -0.255. The Balaban J connectivity index is 2.03. The SMILES string of the molecule is CCC(C)(CC(O)(C(=O)Nc1ccc2c(=O)onc(C)c2c1)C(F)(F)F)c1cccc(F)c1O. The lowest BCUT2D eigenvalue weighted by Gasteiger charge is -2.38. The number of carbonyl (C=O) groups excluding carboxylic acids is 1. The first-order valence-corrected chi connectivity index (χ1v) is 10.2. The molecule has 1 heterocycles. The number of benzene rings is 2. The number of halogens is 4. The number of aliphatic hydroxyl groups is 1. The number of nitrogens with zero attached hydrogens (tertiary/aromatic N) is 1. The highest BCUT2D eigenvalue weighted by atomic mass is 19.4. The molecule has 2 unspecified atom stereocenters.